The van der Waals surface area contributed by atoms with Crippen LogP contribution in [-0.2, 0) is 11.2 Å². The molecule has 0 atom stereocenters. The van der Waals surface area contributed by atoms with E-state index in [4.69, 9.17) is 9.26 Å². The molecule has 0 bridgehead atoms. The van der Waals surface area contributed by atoms with Gasteiger partial charge in [-0.1, -0.05) is 11.2 Å². The first kappa shape index (κ1) is 12.1. The van der Waals surface area contributed by atoms with Crippen molar-refractivity contribution in [3.8, 4) is 5.75 Å². The molecule has 6 heteroatoms. The number of methoxy groups -OCH3 is 1. The van der Waals surface area contributed by atoms with Crippen molar-refractivity contribution in [2.75, 3.05) is 12.4 Å². The van der Waals surface area contributed by atoms with Crippen molar-refractivity contribution in [2.24, 2.45) is 0 Å². The van der Waals surface area contributed by atoms with Gasteiger partial charge in [-0.15, -0.1) is 0 Å². The normalized spacial score (nSPS) is 10.1. The van der Waals surface area contributed by atoms with E-state index in [-0.39, 0.29) is 12.3 Å². The number of carbonyl (C=O) groups is 1. The topological polar surface area (TPSA) is 77.2 Å². The van der Waals surface area contributed by atoms with Crippen LogP contribution in [0.1, 0.15) is 11.7 Å². The highest BCUT2D eigenvalue weighted by Gasteiger charge is 2.10. The van der Waals surface area contributed by atoms with Gasteiger partial charge in [-0.05, 0) is 19.1 Å². The lowest BCUT2D eigenvalue weighted by molar-refractivity contribution is -0.115. The van der Waals surface area contributed by atoms with Crippen LogP contribution in [0.4, 0.5) is 5.69 Å². The fraction of sp³-hybridized carbons (Fsp3) is 0.250. The van der Waals surface area contributed by atoms with Gasteiger partial charge in [0, 0.05) is 11.8 Å². The number of hydrogen-bond donors (Lipinski definition) is 1. The average molecular weight is 247 g/mol. The van der Waals surface area contributed by atoms with Crippen molar-refractivity contribution in [3.05, 3.63) is 36.0 Å². The Morgan fingerprint density at radius 2 is 2.33 bits per heavy atom. The van der Waals surface area contributed by atoms with Gasteiger partial charge in [-0.3, -0.25) is 4.79 Å². The number of aromatic nitrogens is 2. The van der Waals surface area contributed by atoms with E-state index >= 15 is 0 Å². The first-order chi connectivity index (χ1) is 8.67. The van der Waals surface area contributed by atoms with Gasteiger partial charge in [0.15, 0.2) is 5.82 Å². The maximum Gasteiger partial charge on any atom is 0.236 e. The van der Waals surface area contributed by atoms with Gasteiger partial charge in [0.25, 0.3) is 0 Å². The van der Waals surface area contributed by atoms with Crippen LogP contribution < -0.4 is 10.1 Å². The molecule has 6 nitrogen and oxygen atoms in total. The van der Waals surface area contributed by atoms with Crippen LogP contribution in [0.2, 0.25) is 0 Å². The molecular formula is C12H13N3O3. The number of nitrogens with one attached hydrogen (secondary N) is 1. The molecule has 1 aromatic carbocycles. The van der Waals surface area contributed by atoms with Crippen LogP contribution in [0.15, 0.2) is 28.8 Å². The predicted molar refractivity (Wildman–Crippen MR) is 64.4 cm³/mol. The molecule has 0 fully saturated rings. The summed E-state index contributed by atoms with van der Waals surface area (Å²) in [6.07, 6.45) is 0.0536. The second-order valence-corrected chi connectivity index (χ2v) is 3.69. The van der Waals surface area contributed by atoms with Crippen molar-refractivity contribution < 1.29 is 14.1 Å². The van der Waals surface area contributed by atoms with Crippen molar-refractivity contribution in [1.82, 2.24) is 10.1 Å². The van der Waals surface area contributed by atoms with Crippen LogP contribution in [0, 0.1) is 6.92 Å². The predicted octanol–water partition coefficient (Wildman–Crippen LogP) is 1.57. The Labute approximate surface area is 104 Å². The minimum absolute atomic E-state index is 0.0536. The van der Waals surface area contributed by atoms with Crippen molar-refractivity contribution in [2.45, 2.75) is 13.3 Å². The Hall–Kier alpha value is -2.37. The fourth-order valence-corrected chi connectivity index (χ4v) is 1.46. The van der Waals surface area contributed by atoms with Crippen LogP contribution in [-0.4, -0.2) is 23.2 Å². The number of rotatable bonds is 4. The summed E-state index contributed by atoms with van der Waals surface area (Å²) in [6, 6.07) is 7.11. The summed E-state index contributed by atoms with van der Waals surface area (Å²) in [5, 5.41) is 6.35. The fourth-order valence-electron chi connectivity index (χ4n) is 1.46. The molecule has 94 valence electrons. The minimum Gasteiger partial charge on any atom is -0.497 e. The van der Waals surface area contributed by atoms with Gasteiger partial charge >= 0.3 is 0 Å². The monoisotopic (exact) mass is 247 g/mol. The Kier molecular flexibility index (Phi) is 3.57. The Bertz CT molecular complexity index is 551. The minimum atomic E-state index is -0.216. The molecule has 0 aliphatic rings. The lowest BCUT2D eigenvalue weighted by Gasteiger charge is -2.05. The highest BCUT2D eigenvalue weighted by molar-refractivity contribution is 5.91. The summed E-state index contributed by atoms with van der Waals surface area (Å²) in [4.78, 5) is 15.7. The second kappa shape index (κ2) is 5.31. The molecule has 18 heavy (non-hydrogen) atoms. The maximum absolute atomic E-state index is 11.7. The van der Waals surface area contributed by atoms with E-state index in [9.17, 15) is 4.79 Å². The summed E-state index contributed by atoms with van der Waals surface area (Å²) in [5.41, 5.74) is 0.663. The summed E-state index contributed by atoms with van der Waals surface area (Å²) in [7, 11) is 1.57. The zero-order chi connectivity index (χ0) is 13.0. The molecule has 0 unspecified atom stereocenters. The number of aryl methyl sites for hydroxylation is 1. The van der Waals surface area contributed by atoms with Crippen molar-refractivity contribution in [3.63, 3.8) is 0 Å². The van der Waals surface area contributed by atoms with E-state index in [2.05, 4.69) is 15.5 Å². The molecule has 0 saturated carbocycles. The zero-order valence-corrected chi connectivity index (χ0v) is 10.1. The average Bonchev–Trinajstić information content (AvgIpc) is 2.74. The van der Waals surface area contributed by atoms with Crippen LogP contribution in [0.3, 0.4) is 0 Å². The van der Waals surface area contributed by atoms with Gasteiger partial charge in [-0.2, -0.15) is 4.98 Å². The van der Waals surface area contributed by atoms with Crippen molar-refractivity contribution in [1.29, 1.82) is 0 Å². The van der Waals surface area contributed by atoms with Crippen molar-refractivity contribution >= 4 is 11.6 Å². The number of benzene rings is 1. The quantitative estimate of drug-likeness (QED) is 0.887. The number of anilines is 1. The van der Waals surface area contributed by atoms with Gasteiger partial charge in [-0.25, -0.2) is 0 Å². The zero-order valence-electron chi connectivity index (χ0n) is 10.1. The molecule has 1 aromatic heterocycles. The third-order valence-electron chi connectivity index (χ3n) is 2.23. The van der Waals surface area contributed by atoms with Gasteiger partial charge in [0.05, 0.1) is 7.11 Å². The number of carbonyl (C=O) groups excluding carboxylic acids is 1. The largest absolute Gasteiger partial charge is 0.497 e. The molecule has 0 saturated heterocycles. The molecule has 1 heterocycles. The molecule has 0 aliphatic heterocycles. The first-order valence-electron chi connectivity index (χ1n) is 5.40. The van der Waals surface area contributed by atoms with Crippen LogP contribution in [0.25, 0.3) is 0 Å². The number of nitrogens with zero attached hydrogens (tertiary/aromatic N) is 2. The van der Waals surface area contributed by atoms with E-state index in [1.54, 1.807) is 38.3 Å². The first-order valence-corrected chi connectivity index (χ1v) is 5.40. The maximum atomic E-state index is 11.7. The summed E-state index contributed by atoms with van der Waals surface area (Å²) in [5.74, 6) is 1.28. The van der Waals surface area contributed by atoms with Crippen LogP contribution >= 0.6 is 0 Å². The molecule has 1 N–H and O–H groups in total. The van der Waals surface area contributed by atoms with Crippen LogP contribution in [0.5, 0.6) is 5.75 Å². The number of amides is 1. The van der Waals surface area contributed by atoms with E-state index in [1.165, 1.54) is 0 Å². The molecule has 2 rings (SSSR count). The van der Waals surface area contributed by atoms with E-state index in [0.717, 1.165) is 0 Å². The second-order valence-electron chi connectivity index (χ2n) is 3.69. The third-order valence-corrected chi connectivity index (χ3v) is 2.23. The molecule has 0 radical (unpaired) electrons. The Balaban J connectivity index is 1.98. The Morgan fingerprint density at radius 1 is 1.50 bits per heavy atom. The third kappa shape index (κ3) is 3.07. The van der Waals surface area contributed by atoms with E-state index in [1.807, 2.05) is 0 Å². The highest BCUT2D eigenvalue weighted by atomic mass is 16.5. The summed E-state index contributed by atoms with van der Waals surface area (Å²) >= 11 is 0. The van der Waals surface area contributed by atoms with Gasteiger partial charge in [0.1, 0.15) is 12.2 Å². The SMILES string of the molecule is COc1cccc(NC(=O)Cc2nc(C)no2)c1. The smallest absolute Gasteiger partial charge is 0.236 e. The lowest BCUT2D eigenvalue weighted by Crippen LogP contribution is -2.14. The molecule has 1 amide bonds. The van der Waals surface area contributed by atoms with Gasteiger partial charge in [0.2, 0.25) is 11.8 Å². The number of hydrogen-bond acceptors (Lipinski definition) is 5. The summed E-state index contributed by atoms with van der Waals surface area (Å²) in [6.45, 7) is 1.70. The Morgan fingerprint density at radius 3 is 3.00 bits per heavy atom. The lowest BCUT2D eigenvalue weighted by atomic mass is 10.3. The molecular weight excluding hydrogens is 234 g/mol. The molecule has 2 aromatic rings. The van der Waals surface area contributed by atoms with E-state index in [0.29, 0.717) is 23.2 Å². The number of ether oxygens (including phenoxy) is 1. The molecule has 0 spiro atoms. The highest BCUT2D eigenvalue weighted by Crippen LogP contribution is 2.16. The summed E-state index contributed by atoms with van der Waals surface area (Å²) < 4.78 is 9.94. The standard InChI is InChI=1S/C12H13N3O3/c1-8-13-12(18-15-8)7-11(16)14-9-4-3-5-10(6-9)17-2/h3-6H,7H2,1-2H3,(H,14,16). The van der Waals surface area contributed by atoms with Gasteiger partial charge < -0.3 is 14.6 Å². The van der Waals surface area contributed by atoms with E-state index < -0.39 is 0 Å². The molecule has 0 aliphatic carbocycles.